The fourth-order valence-electron chi connectivity index (χ4n) is 3.81. The van der Waals surface area contributed by atoms with E-state index in [4.69, 9.17) is 5.73 Å². The minimum Gasteiger partial charge on any atom is -0.354 e. The van der Waals surface area contributed by atoms with Gasteiger partial charge in [-0.2, -0.15) is 0 Å². The molecule has 0 saturated carbocycles. The summed E-state index contributed by atoms with van der Waals surface area (Å²) in [4.78, 5) is 8.81. The molecule has 0 spiro atoms. The number of hydrazine groups is 1. The molecule has 1 fully saturated rings. The average molecular weight is 368 g/mol. The molecule has 0 radical (unpaired) electrons. The molecule has 1 aromatic heterocycles. The van der Waals surface area contributed by atoms with E-state index in [2.05, 4.69) is 32.7 Å². The second-order valence-electron chi connectivity index (χ2n) is 7.07. The van der Waals surface area contributed by atoms with Crippen molar-refractivity contribution in [2.45, 2.75) is 12.1 Å². The first-order valence-electron chi connectivity index (χ1n) is 9.24. The van der Waals surface area contributed by atoms with Crippen LogP contribution in [-0.4, -0.2) is 54.1 Å². The number of nitrogens with one attached hydrogen (secondary N) is 2. The molecule has 2 unspecified atom stereocenters. The Hall–Kier alpha value is -2.48. The number of hydrogen-bond donors (Lipinski definition) is 3. The topological polar surface area (TPSA) is 69.5 Å². The van der Waals surface area contributed by atoms with Gasteiger partial charge in [-0.3, -0.25) is 9.88 Å². The summed E-state index contributed by atoms with van der Waals surface area (Å²) < 4.78 is 13.4. The summed E-state index contributed by atoms with van der Waals surface area (Å²) in [6, 6.07) is 10.9. The van der Waals surface area contributed by atoms with Gasteiger partial charge >= 0.3 is 0 Å². The van der Waals surface area contributed by atoms with E-state index in [9.17, 15) is 4.39 Å². The second-order valence-corrected chi connectivity index (χ2v) is 7.07. The van der Waals surface area contributed by atoms with Crippen LogP contribution in [0.1, 0.15) is 17.2 Å². The van der Waals surface area contributed by atoms with Gasteiger partial charge in [-0.05, 0) is 42.4 Å². The van der Waals surface area contributed by atoms with Crippen molar-refractivity contribution in [2.24, 2.45) is 5.73 Å². The number of nitrogens with zero attached hydrogens (tertiary/aromatic N) is 3. The third kappa shape index (κ3) is 3.53. The standard InChI is InChI=1S/C20H25FN6/c1-26-10-11-27(13-17(26)12-22)20-18(14-6-8-23-9-7-14)19(24-25-20)15-2-4-16(21)5-3-15/h2-9,17,19,24-25H,10-13,22H2,1H3. The molecule has 142 valence electrons. The Labute approximate surface area is 158 Å². The zero-order valence-corrected chi connectivity index (χ0v) is 15.4. The first-order valence-corrected chi connectivity index (χ1v) is 9.24. The number of aromatic nitrogens is 1. The van der Waals surface area contributed by atoms with Crippen LogP contribution in [0.15, 0.2) is 54.6 Å². The summed E-state index contributed by atoms with van der Waals surface area (Å²) in [5.41, 5.74) is 16.0. The van der Waals surface area contributed by atoms with E-state index in [-0.39, 0.29) is 11.9 Å². The van der Waals surface area contributed by atoms with Gasteiger partial charge in [0.15, 0.2) is 0 Å². The summed E-state index contributed by atoms with van der Waals surface area (Å²) >= 11 is 0. The predicted molar refractivity (Wildman–Crippen MR) is 104 cm³/mol. The molecule has 6 nitrogen and oxygen atoms in total. The van der Waals surface area contributed by atoms with Crippen LogP contribution in [-0.2, 0) is 0 Å². The fraction of sp³-hybridized carbons (Fsp3) is 0.350. The second kappa shape index (κ2) is 7.64. The first-order chi connectivity index (χ1) is 13.2. The van der Waals surface area contributed by atoms with E-state index in [0.29, 0.717) is 12.6 Å². The molecule has 2 aliphatic rings. The van der Waals surface area contributed by atoms with Gasteiger partial charge in [0, 0.05) is 50.2 Å². The molecular weight excluding hydrogens is 343 g/mol. The van der Waals surface area contributed by atoms with Crippen LogP contribution in [0, 0.1) is 5.82 Å². The maximum Gasteiger partial charge on any atom is 0.123 e. The highest BCUT2D eigenvalue weighted by Gasteiger charge is 2.33. The Morgan fingerprint density at radius 2 is 1.89 bits per heavy atom. The number of benzene rings is 1. The molecule has 0 bridgehead atoms. The van der Waals surface area contributed by atoms with Crippen molar-refractivity contribution in [1.29, 1.82) is 0 Å². The van der Waals surface area contributed by atoms with Crippen molar-refractivity contribution in [1.82, 2.24) is 25.6 Å². The van der Waals surface area contributed by atoms with E-state index < -0.39 is 0 Å². The quantitative estimate of drug-likeness (QED) is 0.756. The molecule has 1 aromatic carbocycles. The summed E-state index contributed by atoms with van der Waals surface area (Å²) in [6.07, 6.45) is 3.60. The number of rotatable bonds is 4. The molecule has 27 heavy (non-hydrogen) atoms. The third-order valence-electron chi connectivity index (χ3n) is 5.44. The molecule has 0 aliphatic carbocycles. The van der Waals surface area contributed by atoms with Gasteiger partial charge in [-0.1, -0.05) is 12.1 Å². The summed E-state index contributed by atoms with van der Waals surface area (Å²) in [7, 11) is 2.12. The average Bonchev–Trinajstić information content (AvgIpc) is 3.14. The fourth-order valence-corrected chi connectivity index (χ4v) is 3.81. The van der Waals surface area contributed by atoms with Crippen LogP contribution in [0.4, 0.5) is 4.39 Å². The minimum atomic E-state index is -0.232. The highest BCUT2D eigenvalue weighted by Crippen LogP contribution is 2.36. The lowest BCUT2D eigenvalue weighted by molar-refractivity contribution is 0.119. The Bertz CT molecular complexity index is 807. The molecule has 4 rings (SSSR count). The third-order valence-corrected chi connectivity index (χ3v) is 5.44. The van der Waals surface area contributed by atoms with Crippen molar-refractivity contribution >= 4 is 5.57 Å². The summed E-state index contributed by atoms with van der Waals surface area (Å²) in [5, 5.41) is 0. The van der Waals surface area contributed by atoms with Gasteiger partial charge in [0.05, 0.1) is 6.04 Å². The van der Waals surface area contributed by atoms with Crippen LogP contribution < -0.4 is 16.6 Å². The number of halogens is 1. The highest BCUT2D eigenvalue weighted by molar-refractivity contribution is 5.74. The SMILES string of the molecule is CN1CCN(C2=C(c3ccncc3)C(c3ccc(F)cc3)NN2)CC1CN. The van der Waals surface area contributed by atoms with Crippen molar-refractivity contribution < 1.29 is 4.39 Å². The molecule has 3 heterocycles. The predicted octanol–water partition coefficient (Wildman–Crippen LogP) is 1.31. The Morgan fingerprint density at radius 1 is 1.15 bits per heavy atom. The summed E-state index contributed by atoms with van der Waals surface area (Å²) in [6.45, 7) is 3.36. The molecule has 4 N–H and O–H groups in total. The molecule has 0 amide bonds. The van der Waals surface area contributed by atoms with E-state index in [1.807, 2.05) is 24.3 Å². The molecule has 2 aromatic rings. The molecule has 2 aliphatic heterocycles. The van der Waals surface area contributed by atoms with E-state index in [1.54, 1.807) is 12.4 Å². The van der Waals surface area contributed by atoms with Gasteiger partial charge < -0.3 is 16.1 Å². The zero-order valence-electron chi connectivity index (χ0n) is 15.4. The van der Waals surface area contributed by atoms with E-state index >= 15 is 0 Å². The number of pyridine rings is 1. The minimum absolute atomic E-state index is 0.0704. The smallest absolute Gasteiger partial charge is 0.123 e. The van der Waals surface area contributed by atoms with Gasteiger partial charge in [-0.15, -0.1) is 0 Å². The van der Waals surface area contributed by atoms with Gasteiger partial charge in [0.1, 0.15) is 11.6 Å². The first kappa shape index (κ1) is 17.9. The summed E-state index contributed by atoms with van der Waals surface area (Å²) in [5.74, 6) is 0.825. The Kier molecular flexibility index (Phi) is 5.07. The number of likely N-dealkylation sites (N-methyl/N-ethyl adjacent to an activating group) is 1. The van der Waals surface area contributed by atoms with Crippen LogP contribution >= 0.6 is 0 Å². The largest absolute Gasteiger partial charge is 0.354 e. The van der Waals surface area contributed by atoms with Crippen molar-refractivity contribution in [2.75, 3.05) is 33.2 Å². The lowest BCUT2D eigenvalue weighted by atomic mass is 9.94. The number of piperazine rings is 1. The number of hydrogen-bond acceptors (Lipinski definition) is 6. The monoisotopic (exact) mass is 368 g/mol. The van der Waals surface area contributed by atoms with Crippen LogP contribution in [0.5, 0.6) is 0 Å². The van der Waals surface area contributed by atoms with E-state index in [0.717, 1.165) is 42.2 Å². The molecule has 1 saturated heterocycles. The van der Waals surface area contributed by atoms with E-state index in [1.165, 1.54) is 12.1 Å². The molecule has 2 atom stereocenters. The molecule has 7 heteroatoms. The highest BCUT2D eigenvalue weighted by atomic mass is 19.1. The lowest BCUT2D eigenvalue weighted by Crippen LogP contribution is -2.55. The lowest BCUT2D eigenvalue weighted by Gasteiger charge is -2.40. The Morgan fingerprint density at radius 3 is 2.59 bits per heavy atom. The van der Waals surface area contributed by atoms with Crippen molar-refractivity contribution in [3.05, 3.63) is 71.6 Å². The van der Waals surface area contributed by atoms with Crippen molar-refractivity contribution in [3.8, 4) is 0 Å². The normalized spacial score (nSPS) is 23.6. The number of nitrogens with two attached hydrogens (primary N) is 1. The van der Waals surface area contributed by atoms with Gasteiger partial charge in [0.25, 0.3) is 0 Å². The van der Waals surface area contributed by atoms with Gasteiger partial charge in [0.2, 0.25) is 0 Å². The van der Waals surface area contributed by atoms with Crippen LogP contribution in [0.3, 0.4) is 0 Å². The Balaban J connectivity index is 1.73. The van der Waals surface area contributed by atoms with Gasteiger partial charge in [-0.25, -0.2) is 9.82 Å². The zero-order chi connectivity index (χ0) is 18.8. The maximum absolute atomic E-state index is 13.4. The van der Waals surface area contributed by atoms with Crippen LogP contribution in [0.25, 0.3) is 5.57 Å². The van der Waals surface area contributed by atoms with Crippen LogP contribution in [0.2, 0.25) is 0 Å². The molecular formula is C20H25FN6. The maximum atomic E-state index is 13.4. The van der Waals surface area contributed by atoms with Crippen molar-refractivity contribution in [3.63, 3.8) is 0 Å².